The molecule has 0 amide bonds. The molecule has 64 valence electrons. The van der Waals surface area contributed by atoms with Gasteiger partial charge in [0.25, 0.3) is 0 Å². The summed E-state index contributed by atoms with van der Waals surface area (Å²) in [4.78, 5) is 10.8. The highest BCUT2D eigenvalue weighted by atomic mass is 35.5. The van der Waals surface area contributed by atoms with Gasteiger partial charge in [-0.2, -0.15) is 0 Å². The number of ether oxygens (including phenoxy) is 1. The molecule has 0 unspecified atom stereocenters. The van der Waals surface area contributed by atoms with Crippen molar-refractivity contribution in [1.82, 2.24) is 5.43 Å². The molecule has 11 heavy (non-hydrogen) atoms. The molecule has 0 spiro atoms. The quantitative estimate of drug-likeness (QED) is 0.177. The molecule has 0 aromatic carbocycles. The van der Waals surface area contributed by atoms with Crippen molar-refractivity contribution in [1.29, 1.82) is 0 Å². The van der Waals surface area contributed by atoms with Crippen LogP contribution in [0.25, 0.3) is 0 Å². The molecule has 0 aromatic heterocycles. The number of rotatable bonds is 3. The summed E-state index contributed by atoms with van der Waals surface area (Å²) >= 11 is 5.36. The molecule has 0 fully saturated rings. The van der Waals surface area contributed by atoms with Crippen molar-refractivity contribution >= 4 is 17.6 Å². The van der Waals surface area contributed by atoms with Crippen LogP contribution in [0.15, 0.2) is 10.9 Å². The molecular formula is C5H10ClN3O2. The van der Waals surface area contributed by atoms with E-state index < -0.39 is 5.97 Å². The average Bonchev–Trinajstić information content (AvgIpc) is 2.02. The fourth-order valence-electron chi connectivity index (χ4n) is 0.376. The second kappa shape index (κ2) is 4.81. The first kappa shape index (κ1) is 10.1. The van der Waals surface area contributed by atoms with Crippen molar-refractivity contribution in [3.63, 3.8) is 0 Å². The van der Waals surface area contributed by atoms with E-state index in [4.69, 9.17) is 23.2 Å². The van der Waals surface area contributed by atoms with Gasteiger partial charge in [-0.1, -0.05) is 11.6 Å². The zero-order valence-corrected chi connectivity index (χ0v) is 6.81. The Balaban J connectivity index is 4.22. The van der Waals surface area contributed by atoms with Crippen LogP contribution >= 0.6 is 11.6 Å². The Labute approximate surface area is 69.3 Å². The summed E-state index contributed by atoms with van der Waals surface area (Å²) in [6.45, 7) is 1.91. The van der Waals surface area contributed by atoms with Crippen LogP contribution in [0.3, 0.4) is 0 Å². The summed E-state index contributed by atoms with van der Waals surface area (Å²) in [5.41, 5.74) is 6.99. The number of carbonyl (C=O) groups excluding carboxylic acids is 1. The second-order valence-electron chi connectivity index (χ2n) is 1.59. The molecule has 6 heteroatoms. The van der Waals surface area contributed by atoms with Gasteiger partial charge in [0.05, 0.1) is 6.61 Å². The molecular weight excluding hydrogens is 170 g/mol. The number of carbonyl (C=O) groups is 1. The fraction of sp³-hybridized carbons (Fsp3) is 0.400. The van der Waals surface area contributed by atoms with Crippen LogP contribution in [0.2, 0.25) is 0 Å². The number of esters is 1. The van der Waals surface area contributed by atoms with E-state index in [-0.39, 0.29) is 17.5 Å². The van der Waals surface area contributed by atoms with Gasteiger partial charge in [-0.3, -0.25) is 0 Å². The number of nitrogens with two attached hydrogens (primary N) is 2. The lowest BCUT2D eigenvalue weighted by atomic mass is 10.5. The summed E-state index contributed by atoms with van der Waals surface area (Å²) in [6.07, 6.45) is 0. The van der Waals surface area contributed by atoms with E-state index >= 15 is 0 Å². The van der Waals surface area contributed by atoms with E-state index in [9.17, 15) is 4.79 Å². The highest BCUT2D eigenvalue weighted by Gasteiger charge is 2.09. The van der Waals surface area contributed by atoms with Crippen LogP contribution in [-0.2, 0) is 9.53 Å². The molecule has 0 saturated carbocycles. The maximum atomic E-state index is 10.8. The zero-order chi connectivity index (χ0) is 8.85. The van der Waals surface area contributed by atoms with E-state index in [1.165, 1.54) is 0 Å². The number of hydrazine groups is 1. The fourth-order valence-corrected chi connectivity index (χ4v) is 0.453. The molecule has 5 nitrogen and oxygen atoms in total. The first-order chi connectivity index (χ1) is 5.13. The lowest BCUT2D eigenvalue weighted by molar-refractivity contribution is -0.138. The van der Waals surface area contributed by atoms with Gasteiger partial charge >= 0.3 is 5.97 Å². The predicted molar refractivity (Wildman–Crippen MR) is 41.0 cm³/mol. The highest BCUT2D eigenvalue weighted by Crippen LogP contribution is 2.00. The van der Waals surface area contributed by atoms with Gasteiger partial charge in [0.15, 0.2) is 5.70 Å². The first-order valence-electron chi connectivity index (χ1n) is 2.92. The highest BCUT2D eigenvalue weighted by molar-refractivity contribution is 6.31. The van der Waals surface area contributed by atoms with Gasteiger partial charge in [0, 0.05) is 0 Å². The van der Waals surface area contributed by atoms with Crippen molar-refractivity contribution in [3.05, 3.63) is 10.9 Å². The van der Waals surface area contributed by atoms with Crippen LogP contribution < -0.4 is 17.0 Å². The number of hydrogen-bond donors (Lipinski definition) is 3. The monoisotopic (exact) mass is 179 g/mol. The lowest BCUT2D eigenvalue weighted by Gasteiger charge is -2.03. The van der Waals surface area contributed by atoms with Crippen LogP contribution in [0.4, 0.5) is 0 Å². The summed E-state index contributed by atoms with van der Waals surface area (Å²) < 4.78 is 4.52. The number of hydrogen-bond acceptors (Lipinski definition) is 5. The smallest absolute Gasteiger partial charge is 0.357 e. The first-order valence-corrected chi connectivity index (χ1v) is 3.30. The Kier molecular flexibility index (Phi) is 4.40. The summed E-state index contributed by atoms with van der Waals surface area (Å²) in [7, 11) is 0. The van der Waals surface area contributed by atoms with E-state index in [0.29, 0.717) is 0 Å². The second-order valence-corrected chi connectivity index (χ2v) is 1.97. The molecule has 0 aliphatic carbocycles. The maximum absolute atomic E-state index is 10.8. The van der Waals surface area contributed by atoms with Gasteiger partial charge in [0.1, 0.15) is 5.16 Å². The summed E-state index contributed by atoms with van der Waals surface area (Å²) in [5.74, 6) is 4.19. The van der Waals surface area contributed by atoms with Crippen molar-refractivity contribution in [2.45, 2.75) is 6.92 Å². The van der Waals surface area contributed by atoms with Crippen molar-refractivity contribution in [3.8, 4) is 0 Å². The lowest BCUT2D eigenvalue weighted by Crippen LogP contribution is -2.25. The molecule has 5 N–H and O–H groups in total. The molecule has 0 aromatic rings. The van der Waals surface area contributed by atoms with Crippen molar-refractivity contribution < 1.29 is 9.53 Å². The summed E-state index contributed by atoms with van der Waals surface area (Å²) in [6, 6.07) is 0. The Morgan fingerprint density at radius 2 is 2.27 bits per heavy atom. The minimum atomic E-state index is -0.685. The predicted octanol–water partition coefficient (Wildman–Crippen LogP) is -0.621. The molecule has 0 aliphatic rings. The third-order valence-corrected chi connectivity index (χ3v) is 1.17. The molecule has 0 heterocycles. The largest absolute Gasteiger partial charge is 0.461 e. The molecule has 0 aliphatic heterocycles. The van der Waals surface area contributed by atoms with Gasteiger partial charge in [-0.05, 0) is 6.92 Å². The van der Waals surface area contributed by atoms with Crippen LogP contribution in [-0.4, -0.2) is 12.6 Å². The minimum absolute atomic E-state index is 0.122. The number of nitrogens with one attached hydrogen (secondary N) is 1. The van der Waals surface area contributed by atoms with Crippen LogP contribution in [0, 0.1) is 0 Å². The molecule has 0 saturated heterocycles. The van der Waals surface area contributed by atoms with E-state index in [2.05, 4.69) is 4.74 Å². The Hall–Kier alpha value is -0.940. The SMILES string of the molecule is CCOC(=O)/C(N)=C(\Cl)NN. The van der Waals surface area contributed by atoms with Crippen molar-refractivity contribution in [2.75, 3.05) is 6.61 Å². The standard InChI is InChI=1S/C5H10ClN3O2/c1-2-11-5(10)3(7)4(6)9-8/h9H,2,7-8H2,1H3/b4-3-. The van der Waals surface area contributed by atoms with Crippen molar-refractivity contribution in [2.24, 2.45) is 11.6 Å². The molecule has 0 radical (unpaired) electrons. The Bertz CT molecular complexity index is 181. The molecule has 0 bridgehead atoms. The average molecular weight is 180 g/mol. The van der Waals surface area contributed by atoms with Gasteiger partial charge < -0.3 is 15.9 Å². The van der Waals surface area contributed by atoms with Gasteiger partial charge in [0.2, 0.25) is 0 Å². The molecule has 0 rings (SSSR count). The van der Waals surface area contributed by atoms with Gasteiger partial charge in [-0.15, -0.1) is 0 Å². The van der Waals surface area contributed by atoms with Crippen LogP contribution in [0.1, 0.15) is 6.92 Å². The van der Waals surface area contributed by atoms with E-state index in [0.717, 1.165) is 0 Å². The zero-order valence-electron chi connectivity index (χ0n) is 6.06. The van der Waals surface area contributed by atoms with E-state index in [1.54, 1.807) is 6.92 Å². The minimum Gasteiger partial charge on any atom is -0.461 e. The normalized spacial score (nSPS) is 11.9. The van der Waals surface area contributed by atoms with E-state index in [1.807, 2.05) is 5.43 Å². The maximum Gasteiger partial charge on any atom is 0.357 e. The third kappa shape index (κ3) is 3.10. The topological polar surface area (TPSA) is 90.4 Å². The Morgan fingerprint density at radius 1 is 1.73 bits per heavy atom. The summed E-state index contributed by atoms with van der Waals surface area (Å²) in [5, 5.41) is -0.122. The number of halogens is 1. The van der Waals surface area contributed by atoms with Gasteiger partial charge in [-0.25, -0.2) is 10.6 Å². The Morgan fingerprint density at radius 3 is 2.64 bits per heavy atom. The third-order valence-electron chi connectivity index (χ3n) is 0.859. The molecule has 0 atom stereocenters. The van der Waals surface area contributed by atoms with Crippen LogP contribution in [0.5, 0.6) is 0 Å².